The van der Waals surface area contributed by atoms with Crippen LogP contribution in [0.5, 0.6) is 5.75 Å². The first-order valence-electron chi connectivity index (χ1n) is 5.77. The van der Waals surface area contributed by atoms with Gasteiger partial charge in [0.25, 0.3) is 0 Å². The molecule has 4 N–H and O–H groups in total. The van der Waals surface area contributed by atoms with E-state index in [-0.39, 0.29) is 6.54 Å². The Morgan fingerprint density at radius 2 is 2.00 bits per heavy atom. The number of nitrogens with one attached hydrogen (secondary N) is 1. The molecule has 0 aliphatic carbocycles. The fourth-order valence-electron chi connectivity index (χ4n) is 1.66. The number of amides is 1. The molecule has 19 heavy (non-hydrogen) atoms. The summed E-state index contributed by atoms with van der Waals surface area (Å²) in [5, 5.41) is 11.1. The Morgan fingerprint density at radius 3 is 2.53 bits per heavy atom. The number of hydrogen-bond donors (Lipinski definition) is 3. The maximum atomic E-state index is 11.4. The average Bonchev–Trinajstić information content (AvgIpc) is 2.37. The number of carboxylic acids is 1. The molecule has 0 heterocycles. The van der Waals surface area contributed by atoms with Gasteiger partial charge in [0.2, 0.25) is 5.91 Å². The van der Waals surface area contributed by atoms with Crippen LogP contribution in [-0.2, 0) is 16.1 Å². The van der Waals surface area contributed by atoms with Crippen LogP contribution in [0.2, 0.25) is 0 Å². The van der Waals surface area contributed by atoms with Gasteiger partial charge < -0.3 is 20.9 Å². The molecule has 0 radical (unpaired) electrons. The first-order chi connectivity index (χ1) is 8.86. The molecule has 6 heteroatoms. The summed E-state index contributed by atoms with van der Waals surface area (Å²) >= 11 is 0. The normalized spacial score (nSPS) is 11.8. The number of aryl methyl sites for hydroxylation is 2. The highest BCUT2D eigenvalue weighted by atomic mass is 16.5. The van der Waals surface area contributed by atoms with Crippen molar-refractivity contribution in [2.75, 3.05) is 7.11 Å². The molecule has 1 amide bonds. The first-order valence-corrected chi connectivity index (χ1v) is 5.77. The van der Waals surface area contributed by atoms with Crippen molar-refractivity contribution in [3.05, 3.63) is 28.8 Å². The molecule has 6 nitrogen and oxygen atoms in total. The van der Waals surface area contributed by atoms with Crippen molar-refractivity contribution in [3.63, 3.8) is 0 Å². The lowest BCUT2D eigenvalue weighted by molar-refractivity contribution is -0.142. The van der Waals surface area contributed by atoms with E-state index in [0.717, 1.165) is 22.4 Å². The van der Waals surface area contributed by atoms with Gasteiger partial charge in [0, 0.05) is 6.54 Å². The van der Waals surface area contributed by atoms with E-state index in [9.17, 15) is 9.59 Å². The van der Waals surface area contributed by atoms with Gasteiger partial charge in [-0.05, 0) is 36.6 Å². The molecule has 104 valence electrons. The van der Waals surface area contributed by atoms with Crippen molar-refractivity contribution in [3.8, 4) is 5.75 Å². The lowest BCUT2D eigenvalue weighted by atomic mass is 10.0. The zero-order valence-corrected chi connectivity index (χ0v) is 11.2. The maximum Gasteiger partial charge on any atom is 0.330 e. The third kappa shape index (κ3) is 3.69. The van der Waals surface area contributed by atoms with Crippen molar-refractivity contribution in [2.24, 2.45) is 5.73 Å². The molecule has 0 bridgehead atoms. The van der Waals surface area contributed by atoms with Crippen LogP contribution >= 0.6 is 0 Å². The van der Waals surface area contributed by atoms with E-state index < -0.39 is 17.9 Å². The van der Waals surface area contributed by atoms with Crippen molar-refractivity contribution in [1.29, 1.82) is 0 Å². The fourth-order valence-corrected chi connectivity index (χ4v) is 1.66. The number of benzene rings is 1. The van der Waals surface area contributed by atoms with Crippen LogP contribution in [0.4, 0.5) is 0 Å². The van der Waals surface area contributed by atoms with Crippen molar-refractivity contribution >= 4 is 11.9 Å². The van der Waals surface area contributed by atoms with E-state index in [2.05, 4.69) is 5.32 Å². The zero-order chi connectivity index (χ0) is 14.6. The summed E-state index contributed by atoms with van der Waals surface area (Å²) in [7, 11) is 1.59. The van der Waals surface area contributed by atoms with Gasteiger partial charge >= 0.3 is 5.97 Å². The smallest absolute Gasteiger partial charge is 0.330 e. The van der Waals surface area contributed by atoms with Crippen molar-refractivity contribution < 1.29 is 19.4 Å². The zero-order valence-electron chi connectivity index (χ0n) is 11.2. The monoisotopic (exact) mass is 266 g/mol. The Kier molecular flexibility index (Phi) is 4.88. The number of hydrogen-bond acceptors (Lipinski definition) is 4. The average molecular weight is 266 g/mol. The number of aliphatic carboxylic acids is 1. The van der Waals surface area contributed by atoms with E-state index in [1.165, 1.54) is 0 Å². The number of rotatable bonds is 5. The Balaban J connectivity index is 2.76. The summed E-state index contributed by atoms with van der Waals surface area (Å²) in [6.07, 6.45) is 0. The van der Waals surface area contributed by atoms with Crippen LogP contribution in [0.25, 0.3) is 0 Å². The number of ether oxygens (including phenoxy) is 1. The molecule has 1 aromatic carbocycles. The van der Waals surface area contributed by atoms with Gasteiger partial charge in [-0.1, -0.05) is 6.07 Å². The predicted octanol–water partition coefficient (Wildman–Crippen LogP) is 0.340. The molecule has 0 saturated carbocycles. The summed E-state index contributed by atoms with van der Waals surface area (Å²) in [6, 6.07) is 2.22. The number of carboxylic acid groups (broad SMARTS) is 1. The molecule has 0 saturated heterocycles. The standard InChI is InChI=1S/C13H18N2O4/c1-7-5-10(19-3)8(2)4-9(7)6-15-12(16)11(14)13(17)18/h4-5,11H,6,14H2,1-3H3,(H,15,16)(H,17,18). The lowest BCUT2D eigenvalue weighted by Crippen LogP contribution is -2.45. The van der Waals surface area contributed by atoms with Crippen LogP contribution in [0.1, 0.15) is 16.7 Å². The van der Waals surface area contributed by atoms with Gasteiger partial charge in [0.05, 0.1) is 7.11 Å². The highest BCUT2D eigenvalue weighted by Gasteiger charge is 2.20. The third-order valence-electron chi connectivity index (χ3n) is 2.86. The minimum atomic E-state index is -1.54. The number of carbonyl (C=O) groups excluding carboxylic acids is 1. The molecular formula is C13H18N2O4. The van der Waals surface area contributed by atoms with Crippen LogP contribution in [0, 0.1) is 13.8 Å². The summed E-state index contributed by atoms with van der Waals surface area (Å²) in [6.45, 7) is 4.02. The van der Waals surface area contributed by atoms with E-state index >= 15 is 0 Å². The van der Waals surface area contributed by atoms with Crippen molar-refractivity contribution in [1.82, 2.24) is 5.32 Å². The van der Waals surface area contributed by atoms with E-state index in [0.29, 0.717) is 0 Å². The summed E-state index contributed by atoms with van der Waals surface area (Å²) in [4.78, 5) is 22.0. The Morgan fingerprint density at radius 1 is 1.37 bits per heavy atom. The summed E-state index contributed by atoms with van der Waals surface area (Å²) < 4.78 is 5.19. The van der Waals surface area contributed by atoms with Gasteiger partial charge in [-0.15, -0.1) is 0 Å². The van der Waals surface area contributed by atoms with Gasteiger partial charge in [0.1, 0.15) is 5.75 Å². The number of carbonyl (C=O) groups is 2. The van der Waals surface area contributed by atoms with Gasteiger partial charge in [-0.3, -0.25) is 4.79 Å². The second-order valence-corrected chi connectivity index (χ2v) is 4.28. The van der Waals surface area contributed by atoms with Crippen LogP contribution in [0.3, 0.4) is 0 Å². The highest BCUT2D eigenvalue weighted by molar-refractivity contribution is 6.00. The third-order valence-corrected chi connectivity index (χ3v) is 2.86. The number of methoxy groups -OCH3 is 1. The predicted molar refractivity (Wildman–Crippen MR) is 69.9 cm³/mol. The molecule has 1 rings (SSSR count). The van der Waals surface area contributed by atoms with Gasteiger partial charge in [0.15, 0.2) is 6.04 Å². The largest absolute Gasteiger partial charge is 0.496 e. The quantitative estimate of drug-likeness (QED) is 0.667. The fraction of sp³-hybridized carbons (Fsp3) is 0.385. The minimum absolute atomic E-state index is 0.233. The molecule has 0 aromatic heterocycles. The SMILES string of the molecule is COc1cc(C)c(CNC(=O)C(N)C(=O)O)cc1C. The molecular weight excluding hydrogens is 248 g/mol. The Bertz CT molecular complexity index is 500. The number of nitrogens with two attached hydrogens (primary N) is 1. The Labute approximate surface area is 111 Å². The second-order valence-electron chi connectivity index (χ2n) is 4.28. The Hall–Kier alpha value is -2.08. The maximum absolute atomic E-state index is 11.4. The molecule has 0 fully saturated rings. The van der Waals surface area contributed by atoms with Crippen molar-refractivity contribution in [2.45, 2.75) is 26.4 Å². The minimum Gasteiger partial charge on any atom is -0.496 e. The van der Waals surface area contributed by atoms with Gasteiger partial charge in [-0.2, -0.15) is 0 Å². The van der Waals surface area contributed by atoms with Crippen LogP contribution < -0.4 is 15.8 Å². The lowest BCUT2D eigenvalue weighted by Gasteiger charge is -2.13. The summed E-state index contributed by atoms with van der Waals surface area (Å²) in [5.74, 6) is -1.28. The van der Waals surface area contributed by atoms with Crippen LogP contribution in [-0.4, -0.2) is 30.1 Å². The first kappa shape index (κ1) is 15.0. The molecule has 1 atom stereocenters. The summed E-state index contributed by atoms with van der Waals surface area (Å²) in [5.41, 5.74) is 7.99. The molecule has 1 unspecified atom stereocenters. The van der Waals surface area contributed by atoms with E-state index in [1.807, 2.05) is 26.0 Å². The van der Waals surface area contributed by atoms with Gasteiger partial charge in [-0.25, -0.2) is 4.79 Å². The molecule has 0 aliphatic heterocycles. The molecule has 0 spiro atoms. The van der Waals surface area contributed by atoms with E-state index in [1.54, 1.807) is 7.11 Å². The highest BCUT2D eigenvalue weighted by Crippen LogP contribution is 2.22. The molecule has 0 aliphatic rings. The van der Waals surface area contributed by atoms with Crippen LogP contribution in [0.15, 0.2) is 12.1 Å². The van der Waals surface area contributed by atoms with E-state index in [4.69, 9.17) is 15.6 Å². The molecule has 1 aromatic rings. The topological polar surface area (TPSA) is 102 Å². The second kappa shape index (κ2) is 6.19.